The summed E-state index contributed by atoms with van der Waals surface area (Å²) in [5.74, 6) is 0.334. The van der Waals surface area contributed by atoms with Gasteiger partial charge in [-0.3, -0.25) is 9.59 Å². The third kappa shape index (κ3) is 7.35. The molecule has 0 unspecified atom stereocenters. The number of ether oxygens (including phenoxy) is 1. The van der Waals surface area contributed by atoms with Gasteiger partial charge in [0.1, 0.15) is 5.75 Å². The molecule has 0 aliphatic carbocycles. The van der Waals surface area contributed by atoms with Crippen molar-refractivity contribution in [2.75, 3.05) is 38.6 Å². The van der Waals surface area contributed by atoms with Crippen LogP contribution in [0.5, 0.6) is 5.75 Å². The number of hydrogen-bond donors (Lipinski definition) is 0. The van der Waals surface area contributed by atoms with Gasteiger partial charge in [-0.1, -0.05) is 60.7 Å². The molecule has 4 aromatic carbocycles. The molecule has 7 rings (SSSR count). The van der Waals surface area contributed by atoms with Crippen LogP contribution in [0.25, 0.3) is 11.3 Å². The van der Waals surface area contributed by atoms with Gasteiger partial charge in [-0.15, -0.1) is 0 Å². The van der Waals surface area contributed by atoms with Gasteiger partial charge in [-0.2, -0.15) is 0 Å². The monoisotopic (exact) mass is 709 g/mol. The van der Waals surface area contributed by atoms with Crippen molar-refractivity contribution in [2.24, 2.45) is 7.05 Å². The maximum absolute atomic E-state index is 14.9. The van der Waals surface area contributed by atoms with Gasteiger partial charge in [-0.25, -0.2) is 4.79 Å². The molecule has 0 N–H and O–H groups in total. The van der Waals surface area contributed by atoms with Crippen molar-refractivity contribution in [2.45, 2.75) is 45.8 Å². The Morgan fingerprint density at radius 3 is 2.17 bits per heavy atom. The van der Waals surface area contributed by atoms with Gasteiger partial charge in [-0.05, 0) is 106 Å². The lowest BCUT2D eigenvalue weighted by atomic mass is 9.90. The van der Waals surface area contributed by atoms with Gasteiger partial charge in [0.2, 0.25) is 0 Å². The number of carbonyl (C=O) groups is 3. The lowest BCUT2D eigenvalue weighted by Crippen LogP contribution is -2.43. The summed E-state index contributed by atoms with van der Waals surface area (Å²) in [6.07, 6.45) is 0.958. The highest BCUT2D eigenvalue weighted by atomic mass is 16.6. The molecule has 1 atom stereocenters. The zero-order valence-corrected chi connectivity index (χ0v) is 31.2. The molecule has 0 fully saturated rings. The van der Waals surface area contributed by atoms with Crippen molar-refractivity contribution in [3.63, 3.8) is 0 Å². The van der Waals surface area contributed by atoms with Crippen molar-refractivity contribution in [1.29, 1.82) is 0 Å². The number of anilines is 1. The summed E-state index contributed by atoms with van der Waals surface area (Å²) in [7, 11) is 5.96. The van der Waals surface area contributed by atoms with Crippen molar-refractivity contribution < 1.29 is 19.1 Å². The molecule has 9 heteroatoms. The van der Waals surface area contributed by atoms with E-state index in [4.69, 9.17) is 4.74 Å². The smallest absolute Gasteiger partial charge is 0.410 e. The predicted octanol–water partition coefficient (Wildman–Crippen LogP) is 7.35. The minimum absolute atomic E-state index is 0.0120. The summed E-state index contributed by atoms with van der Waals surface area (Å²) in [6, 6.07) is 33.2. The number of rotatable bonds is 8. The Hall–Kier alpha value is -5.67. The Labute approximate surface area is 312 Å². The lowest BCUT2D eigenvalue weighted by Gasteiger charge is -2.36. The first kappa shape index (κ1) is 35.7. The molecule has 1 aromatic heterocycles. The van der Waals surface area contributed by atoms with Crippen LogP contribution in [0.15, 0.2) is 103 Å². The zero-order chi connectivity index (χ0) is 37.2. The van der Waals surface area contributed by atoms with E-state index in [-0.39, 0.29) is 17.9 Å². The van der Waals surface area contributed by atoms with Crippen LogP contribution in [0.2, 0.25) is 0 Å². The van der Waals surface area contributed by atoms with E-state index in [0.29, 0.717) is 56.0 Å². The zero-order valence-electron chi connectivity index (χ0n) is 31.2. The maximum atomic E-state index is 14.9. The quantitative estimate of drug-likeness (QED) is 0.168. The second-order valence-electron chi connectivity index (χ2n) is 14.5. The number of para-hydroxylation sites is 2. The number of likely N-dealkylation sites (N-methyl/N-ethyl adjacent to an activating group) is 1. The fraction of sp³-hybridized carbons (Fsp3) is 0.295. The Bertz CT molecular complexity index is 2140. The Balaban J connectivity index is 1.28. The SMILES string of the molecule is Cc1c(C(=O)N(CCN(C)C)c2ccccc2)cc(-c2cc3c(cc2C(=O)N2Cc4ccccc4C[C@H]2C)CN(C(=O)Oc2ccccc2)CC3)n1C. The number of fused-ring (bicyclic) bond motifs is 2. The first-order chi connectivity index (χ1) is 25.6. The average Bonchev–Trinajstić information content (AvgIpc) is 3.47. The topological polar surface area (TPSA) is 78.3 Å². The Kier molecular flexibility index (Phi) is 10.2. The van der Waals surface area contributed by atoms with Crippen LogP contribution >= 0.6 is 0 Å². The highest BCUT2D eigenvalue weighted by Gasteiger charge is 2.33. The molecule has 53 heavy (non-hydrogen) atoms. The van der Waals surface area contributed by atoms with Crippen LogP contribution < -0.4 is 9.64 Å². The van der Waals surface area contributed by atoms with E-state index >= 15 is 0 Å². The molecular weight excluding hydrogens is 663 g/mol. The first-order valence-electron chi connectivity index (χ1n) is 18.3. The van der Waals surface area contributed by atoms with Crippen LogP contribution in [-0.2, 0) is 33.0 Å². The number of aromatic nitrogens is 1. The molecule has 2 aliphatic heterocycles. The molecule has 0 saturated carbocycles. The molecule has 9 nitrogen and oxygen atoms in total. The predicted molar refractivity (Wildman–Crippen MR) is 208 cm³/mol. The van der Waals surface area contributed by atoms with Gasteiger partial charge in [0.05, 0.1) is 5.56 Å². The normalized spacial score (nSPS) is 15.2. The molecule has 3 amide bonds. The van der Waals surface area contributed by atoms with Crippen molar-refractivity contribution in [3.05, 3.63) is 142 Å². The Morgan fingerprint density at radius 2 is 1.45 bits per heavy atom. The fourth-order valence-corrected chi connectivity index (χ4v) is 7.49. The summed E-state index contributed by atoms with van der Waals surface area (Å²) in [5, 5.41) is 0. The average molecular weight is 710 g/mol. The number of amides is 3. The molecular formula is C44H47N5O4. The van der Waals surface area contributed by atoms with Gasteiger partial charge >= 0.3 is 6.09 Å². The van der Waals surface area contributed by atoms with Crippen LogP contribution in [0.1, 0.15) is 55.6 Å². The van der Waals surface area contributed by atoms with Gasteiger partial charge in [0, 0.05) is 74.0 Å². The molecule has 0 bridgehead atoms. The summed E-state index contributed by atoms with van der Waals surface area (Å²) in [4.78, 5) is 50.1. The molecule has 0 radical (unpaired) electrons. The minimum Gasteiger partial charge on any atom is -0.410 e. The molecule has 0 saturated heterocycles. The van der Waals surface area contributed by atoms with E-state index in [1.165, 1.54) is 5.56 Å². The van der Waals surface area contributed by atoms with E-state index in [1.807, 2.05) is 109 Å². The number of hydrogen-bond acceptors (Lipinski definition) is 5. The van der Waals surface area contributed by atoms with E-state index in [0.717, 1.165) is 45.7 Å². The summed E-state index contributed by atoms with van der Waals surface area (Å²) < 4.78 is 7.72. The van der Waals surface area contributed by atoms with Crippen molar-refractivity contribution >= 4 is 23.6 Å². The maximum Gasteiger partial charge on any atom is 0.415 e. The van der Waals surface area contributed by atoms with Gasteiger partial charge < -0.3 is 28.9 Å². The van der Waals surface area contributed by atoms with E-state index in [1.54, 1.807) is 17.0 Å². The van der Waals surface area contributed by atoms with Crippen molar-refractivity contribution in [1.82, 2.24) is 19.3 Å². The summed E-state index contributed by atoms with van der Waals surface area (Å²) in [5.41, 5.74) is 8.79. The van der Waals surface area contributed by atoms with Gasteiger partial charge in [0.15, 0.2) is 0 Å². The minimum atomic E-state index is -0.418. The first-order valence-corrected chi connectivity index (χ1v) is 18.3. The molecule has 0 spiro atoms. The number of nitrogens with zero attached hydrogens (tertiary/aromatic N) is 5. The Morgan fingerprint density at radius 1 is 0.774 bits per heavy atom. The highest BCUT2D eigenvalue weighted by Crippen LogP contribution is 2.36. The number of benzene rings is 4. The van der Waals surface area contributed by atoms with Crippen molar-refractivity contribution in [3.8, 4) is 17.0 Å². The summed E-state index contributed by atoms with van der Waals surface area (Å²) >= 11 is 0. The molecule has 3 heterocycles. The van der Waals surface area contributed by atoms with Crippen LogP contribution in [0.3, 0.4) is 0 Å². The molecule has 2 aliphatic rings. The lowest BCUT2D eigenvalue weighted by molar-refractivity contribution is 0.0658. The highest BCUT2D eigenvalue weighted by molar-refractivity contribution is 6.08. The fourth-order valence-electron chi connectivity index (χ4n) is 7.49. The largest absolute Gasteiger partial charge is 0.415 e. The molecule has 5 aromatic rings. The van der Waals surface area contributed by atoms with Crippen LogP contribution in [0.4, 0.5) is 10.5 Å². The van der Waals surface area contributed by atoms with Crippen LogP contribution in [-0.4, -0.2) is 76.9 Å². The second-order valence-corrected chi connectivity index (χ2v) is 14.5. The third-order valence-corrected chi connectivity index (χ3v) is 10.7. The standard InChI is InChI=1S/C44H47N5O4/c1-30-24-32-14-12-13-15-34(32)29-49(30)43(51)40-26-35-28-47(44(52)53-37-18-10-7-11-19-37)21-20-33(35)25-39(40)41-27-38(31(2)46(41)5)42(50)48(23-22-45(3)4)36-16-8-6-9-17-36/h6-19,25-27,30H,20-24,28-29H2,1-5H3/t30-/m1/s1. The van der Waals surface area contributed by atoms with E-state index < -0.39 is 6.09 Å². The van der Waals surface area contributed by atoms with Gasteiger partial charge in [0.25, 0.3) is 11.8 Å². The molecule has 272 valence electrons. The summed E-state index contributed by atoms with van der Waals surface area (Å²) in [6.45, 7) is 6.62. The second kappa shape index (κ2) is 15.1. The van der Waals surface area contributed by atoms with E-state index in [2.05, 4.69) is 36.1 Å². The third-order valence-electron chi connectivity index (χ3n) is 10.7. The number of carbonyl (C=O) groups excluding carboxylic acids is 3. The van der Waals surface area contributed by atoms with E-state index in [9.17, 15) is 14.4 Å². The van der Waals surface area contributed by atoms with Crippen LogP contribution in [0, 0.1) is 6.92 Å².